The molecule has 0 unspecified atom stereocenters. The summed E-state index contributed by atoms with van der Waals surface area (Å²) in [6, 6.07) is 15.7. The number of piperazine rings is 1. The van der Waals surface area contributed by atoms with Gasteiger partial charge in [0.2, 0.25) is 11.8 Å². The Morgan fingerprint density at radius 3 is 2.63 bits per heavy atom. The molecule has 0 bridgehead atoms. The third-order valence-corrected chi connectivity index (χ3v) is 9.19. The van der Waals surface area contributed by atoms with Crippen LogP contribution in [0, 0.1) is 18.3 Å². The number of aryl methyl sites for hydroxylation is 1. The second kappa shape index (κ2) is 12.6. The maximum atomic E-state index is 12.6. The molecule has 9 heteroatoms. The number of rotatable bonds is 7. The normalized spacial score (nSPS) is 19.2. The highest BCUT2D eigenvalue weighted by Gasteiger charge is 2.32. The van der Waals surface area contributed by atoms with E-state index in [2.05, 4.69) is 71.1 Å². The number of carbonyl (C=O) groups excluding carboxylic acids is 1. The predicted octanol–water partition coefficient (Wildman–Crippen LogP) is 3.65. The van der Waals surface area contributed by atoms with Gasteiger partial charge < -0.3 is 29.4 Å². The number of aliphatic hydroxyl groups is 1. The molecule has 2 aromatic carbocycles. The van der Waals surface area contributed by atoms with E-state index >= 15 is 0 Å². The fourth-order valence-electron chi connectivity index (χ4n) is 6.84. The van der Waals surface area contributed by atoms with Gasteiger partial charge in [0.25, 0.3) is 0 Å². The minimum atomic E-state index is -0.158. The summed E-state index contributed by atoms with van der Waals surface area (Å²) in [5, 5.41) is 22.0. The van der Waals surface area contributed by atoms with E-state index in [1.165, 1.54) is 34.2 Å². The first kappa shape index (κ1) is 29.0. The number of likely N-dealkylation sites (tertiary alicyclic amines) is 1. The lowest BCUT2D eigenvalue weighted by molar-refractivity contribution is -0.126. The van der Waals surface area contributed by atoms with E-state index < -0.39 is 0 Å². The van der Waals surface area contributed by atoms with Gasteiger partial charge in [-0.05, 0) is 56.8 Å². The van der Waals surface area contributed by atoms with Crippen molar-refractivity contribution in [3.63, 3.8) is 0 Å². The number of nitrogens with zero attached hydrogens (tertiary/aromatic N) is 6. The van der Waals surface area contributed by atoms with Crippen molar-refractivity contribution in [2.45, 2.75) is 38.8 Å². The number of anilines is 2. The van der Waals surface area contributed by atoms with Gasteiger partial charge in [0, 0.05) is 61.5 Å². The number of pyridine rings is 1. The fourth-order valence-corrected chi connectivity index (χ4v) is 6.84. The van der Waals surface area contributed by atoms with Crippen LogP contribution in [0.2, 0.25) is 0 Å². The molecule has 3 aliphatic rings. The molecule has 4 heterocycles. The zero-order chi connectivity index (χ0) is 29.9. The number of ether oxygens (including phenoxy) is 1. The number of amides is 1. The van der Waals surface area contributed by atoms with Gasteiger partial charge in [-0.15, -0.1) is 0 Å². The van der Waals surface area contributed by atoms with Crippen LogP contribution in [0.1, 0.15) is 35.2 Å². The van der Waals surface area contributed by atoms with Gasteiger partial charge >= 0.3 is 0 Å². The highest BCUT2D eigenvalue weighted by Crippen LogP contribution is 2.39. The van der Waals surface area contributed by atoms with Crippen LogP contribution in [-0.4, -0.2) is 91.4 Å². The molecule has 0 radical (unpaired) electrons. The summed E-state index contributed by atoms with van der Waals surface area (Å²) in [5.74, 6) is 0.313. The molecule has 2 fully saturated rings. The van der Waals surface area contributed by atoms with Crippen LogP contribution in [0.5, 0.6) is 5.88 Å². The van der Waals surface area contributed by atoms with Crippen molar-refractivity contribution in [3.8, 4) is 11.9 Å². The molecule has 0 aliphatic carbocycles. The highest BCUT2D eigenvalue weighted by atomic mass is 16.5. The van der Waals surface area contributed by atoms with Crippen LogP contribution < -0.4 is 14.5 Å². The van der Waals surface area contributed by atoms with Crippen molar-refractivity contribution in [3.05, 3.63) is 70.9 Å². The smallest absolute Gasteiger partial charge is 0.246 e. The number of hydrogen-bond donors (Lipinski definition) is 1. The van der Waals surface area contributed by atoms with Crippen molar-refractivity contribution in [1.82, 2.24) is 14.8 Å². The third kappa shape index (κ3) is 5.77. The van der Waals surface area contributed by atoms with Crippen molar-refractivity contribution >= 4 is 28.1 Å². The minimum absolute atomic E-state index is 0.100. The molecular weight excluding hydrogens is 540 g/mol. The van der Waals surface area contributed by atoms with Gasteiger partial charge in [0.15, 0.2) is 0 Å². The predicted molar refractivity (Wildman–Crippen MR) is 169 cm³/mol. The Bertz CT molecular complexity index is 1570. The molecule has 3 aliphatic heterocycles. The van der Waals surface area contributed by atoms with E-state index in [-0.39, 0.29) is 12.5 Å². The number of hydrogen-bond acceptors (Lipinski definition) is 8. The molecule has 1 atom stereocenters. The highest BCUT2D eigenvalue weighted by molar-refractivity contribution is 5.97. The number of fused-ring (bicyclic) bond motifs is 2. The summed E-state index contributed by atoms with van der Waals surface area (Å²) in [5.41, 5.74) is 5.91. The summed E-state index contributed by atoms with van der Waals surface area (Å²) in [4.78, 5) is 26.4. The average Bonchev–Trinajstić information content (AvgIpc) is 3.45. The summed E-state index contributed by atoms with van der Waals surface area (Å²) in [6.45, 7) is 7.32. The third-order valence-electron chi connectivity index (χ3n) is 9.19. The standard InChI is InChI=1S/C34H40N6O3/c1-24-7-3-8-25-9-4-11-30(32(24)25)40-15-13-27-29(22-40)36-34(43-23-26-10-5-14-37(26)2)28(21-35)33(27)39-18-16-38(17-19-39)31(42)12-6-20-41/h3-4,6-9,11-12,26,41H,5,10,13-20,22-23H2,1-2H3/b12-6+/t26-/m0/s1. The van der Waals surface area contributed by atoms with Crippen LogP contribution in [0.3, 0.4) is 0 Å². The maximum Gasteiger partial charge on any atom is 0.246 e. The Labute approximate surface area is 253 Å². The van der Waals surface area contributed by atoms with Crippen LogP contribution >= 0.6 is 0 Å². The SMILES string of the molecule is Cc1cccc2cccc(N3CCc4c(nc(OC[C@@H]5CCCN5C)c(C#N)c4N4CCN(C(=O)/C=C/CO)CC4)C3)c12. The Hall–Kier alpha value is -4.13. The molecule has 2 saturated heterocycles. The molecule has 224 valence electrons. The van der Waals surface area contributed by atoms with Gasteiger partial charge in [-0.2, -0.15) is 5.26 Å². The first-order valence-corrected chi connectivity index (χ1v) is 15.3. The lowest BCUT2D eigenvalue weighted by atomic mass is 9.96. The Balaban J connectivity index is 1.35. The quantitative estimate of drug-likeness (QED) is 0.424. The fraction of sp³-hybridized carbons (Fsp3) is 0.441. The second-order valence-corrected chi connectivity index (χ2v) is 11.8. The molecular formula is C34H40N6O3. The summed E-state index contributed by atoms with van der Waals surface area (Å²) in [6.07, 6.45) is 5.88. The summed E-state index contributed by atoms with van der Waals surface area (Å²) < 4.78 is 6.40. The van der Waals surface area contributed by atoms with Crippen molar-refractivity contribution < 1.29 is 14.6 Å². The van der Waals surface area contributed by atoms with E-state index in [4.69, 9.17) is 14.8 Å². The molecule has 0 spiro atoms. The monoisotopic (exact) mass is 580 g/mol. The molecule has 1 N–H and O–H groups in total. The molecule has 9 nitrogen and oxygen atoms in total. The number of benzene rings is 2. The van der Waals surface area contributed by atoms with Gasteiger partial charge in [0.05, 0.1) is 24.5 Å². The number of nitriles is 1. The van der Waals surface area contributed by atoms with Crippen LogP contribution in [0.4, 0.5) is 11.4 Å². The van der Waals surface area contributed by atoms with Crippen molar-refractivity contribution in [1.29, 1.82) is 5.26 Å². The second-order valence-electron chi connectivity index (χ2n) is 11.8. The first-order valence-electron chi connectivity index (χ1n) is 15.3. The lowest BCUT2D eigenvalue weighted by Gasteiger charge is -2.39. The van der Waals surface area contributed by atoms with Crippen LogP contribution in [-0.2, 0) is 17.8 Å². The van der Waals surface area contributed by atoms with E-state index in [0.29, 0.717) is 56.8 Å². The van der Waals surface area contributed by atoms with E-state index in [1.807, 2.05) is 0 Å². The largest absolute Gasteiger partial charge is 0.475 e. The van der Waals surface area contributed by atoms with E-state index in [1.54, 1.807) is 4.90 Å². The zero-order valence-electron chi connectivity index (χ0n) is 25.1. The van der Waals surface area contributed by atoms with Crippen molar-refractivity contribution in [2.24, 2.45) is 0 Å². The Morgan fingerprint density at radius 1 is 1.12 bits per heavy atom. The molecule has 0 saturated carbocycles. The molecule has 43 heavy (non-hydrogen) atoms. The topological polar surface area (TPSA) is 96.2 Å². The van der Waals surface area contributed by atoms with E-state index in [9.17, 15) is 10.1 Å². The van der Waals surface area contributed by atoms with Gasteiger partial charge in [-0.1, -0.05) is 36.4 Å². The molecule has 1 aromatic heterocycles. The number of aliphatic hydroxyl groups excluding tert-OH is 1. The number of carbonyl (C=O) groups is 1. The summed E-state index contributed by atoms with van der Waals surface area (Å²) in [7, 11) is 2.12. The Morgan fingerprint density at radius 2 is 1.91 bits per heavy atom. The molecule has 1 amide bonds. The van der Waals surface area contributed by atoms with Gasteiger partial charge in [-0.25, -0.2) is 4.98 Å². The summed E-state index contributed by atoms with van der Waals surface area (Å²) >= 11 is 0. The van der Waals surface area contributed by atoms with Gasteiger partial charge in [0.1, 0.15) is 18.2 Å². The molecule has 6 rings (SSSR count). The maximum absolute atomic E-state index is 12.6. The average molecular weight is 581 g/mol. The van der Waals surface area contributed by atoms with Crippen LogP contribution in [0.25, 0.3) is 10.8 Å². The zero-order valence-corrected chi connectivity index (χ0v) is 25.1. The number of likely N-dealkylation sites (N-methyl/N-ethyl adjacent to an activating group) is 1. The molecule has 3 aromatic rings. The Kier molecular flexibility index (Phi) is 8.50. The van der Waals surface area contributed by atoms with Crippen LogP contribution in [0.15, 0.2) is 48.6 Å². The van der Waals surface area contributed by atoms with Gasteiger partial charge in [-0.3, -0.25) is 4.79 Å². The lowest BCUT2D eigenvalue weighted by Crippen LogP contribution is -2.49. The first-order chi connectivity index (χ1) is 21.0. The van der Waals surface area contributed by atoms with E-state index in [0.717, 1.165) is 49.3 Å². The van der Waals surface area contributed by atoms with Crippen molar-refractivity contribution in [2.75, 3.05) is 69.3 Å². The minimum Gasteiger partial charge on any atom is -0.475 e. The number of aromatic nitrogens is 1.